The number of rotatable bonds is 11. The van der Waals surface area contributed by atoms with Gasteiger partial charge in [0, 0.05) is 60.5 Å². The number of aromatic nitrogens is 3. The van der Waals surface area contributed by atoms with E-state index >= 15 is 0 Å². The largest absolute Gasteiger partial charge is 0.309 e. The normalized spacial score (nSPS) is 12.6. The number of hydrogen-bond donors (Lipinski definition) is 0. The van der Waals surface area contributed by atoms with Crippen LogP contribution in [0.1, 0.15) is 25.0 Å². The molecule has 4 heterocycles. The van der Waals surface area contributed by atoms with Gasteiger partial charge in [0.05, 0.1) is 44.5 Å². The molecule has 4 nitrogen and oxygen atoms in total. The molecule has 1 aliphatic rings. The summed E-state index contributed by atoms with van der Waals surface area (Å²) >= 11 is 0. The minimum atomic E-state index is -0.429. The zero-order chi connectivity index (χ0) is 68.3. The molecule has 20 rings (SSSR count). The van der Waals surface area contributed by atoms with Crippen molar-refractivity contribution in [3.8, 4) is 95.0 Å². The van der Waals surface area contributed by atoms with Crippen molar-refractivity contribution < 1.29 is 0 Å². The molecule has 19 aromatic rings. The van der Waals surface area contributed by atoms with Crippen molar-refractivity contribution in [1.29, 1.82) is 0 Å². The summed E-state index contributed by atoms with van der Waals surface area (Å²) in [6, 6.07) is 139. The van der Waals surface area contributed by atoms with Gasteiger partial charge in [-0.3, -0.25) is 0 Å². The molecule has 0 N–H and O–H groups in total. The van der Waals surface area contributed by atoms with E-state index in [4.69, 9.17) is 0 Å². The first-order valence-electron chi connectivity index (χ1n) is 35.7. The lowest BCUT2D eigenvalue weighted by Crippen LogP contribution is -2.31. The van der Waals surface area contributed by atoms with Gasteiger partial charge in [-0.1, -0.05) is 275 Å². The highest BCUT2D eigenvalue weighted by atomic mass is 15.2. The quantitative estimate of drug-likeness (QED) is 0.126. The van der Waals surface area contributed by atoms with E-state index in [9.17, 15) is 0 Å². The number of hydrogen-bond acceptors (Lipinski definition) is 1. The van der Waals surface area contributed by atoms with Gasteiger partial charge in [0.25, 0.3) is 0 Å². The Hall–Kier alpha value is -13.3. The molecule has 0 saturated carbocycles. The highest BCUT2D eigenvalue weighted by Crippen LogP contribution is 2.57. The fraction of sp³-hybridized carbons (Fsp3) is 0.0303. The van der Waals surface area contributed by atoms with Crippen LogP contribution in [-0.2, 0) is 5.41 Å². The van der Waals surface area contributed by atoms with Crippen LogP contribution in [0.2, 0.25) is 0 Å². The standard InChI is InChI=1S/C99H68N4/c1-99(2)87-50-49-84-83-42-21-24-45-89(83)103(82-61-75(67-32-13-5-14-33-67)56-76(62-82)68-34-15-6-16-35-68)97(84)98(87)102(79-40-19-8-20-41-79)92-51-48-72(64-88(92)99)70-38-27-39-71(54-70)78-57-77(69-36-17-7-18-37-69)60-81(63-78)101-91-47-26-23-44-86(91)96-94(101)53-52-93-95(96)85-43-22-25-46-90(85)100(93)80-58-73(65-28-9-3-10-29-65)55-74(59-80)66-30-11-4-12-31-66/h3-64H,1-2H3. The zero-order valence-corrected chi connectivity index (χ0v) is 57.1. The molecule has 1 aliphatic heterocycles. The molecule has 0 bridgehead atoms. The monoisotopic (exact) mass is 1310 g/mol. The SMILES string of the molecule is CC1(C)c2cc(-c3cccc(-c4cc(-c5ccccc5)cc(-n5c6ccccc6c6c7c8ccccc8n(-c8cc(-c9ccccc9)cc(-c9ccccc9)c8)c7ccc65)c4)c3)ccc2N(c2ccccc2)c2c1ccc1c3ccccc3n(-c3cc(-c4ccccc4)cc(-c4ccccc4)c3)c21. The number of fused-ring (bicyclic) bond motifs is 13. The third-order valence-electron chi connectivity index (χ3n) is 21.7. The molecule has 0 fully saturated rings. The molecule has 3 aromatic heterocycles. The molecular weight excluding hydrogens is 1250 g/mol. The fourth-order valence-electron chi connectivity index (χ4n) is 16.9. The van der Waals surface area contributed by atoms with Crippen molar-refractivity contribution in [2.24, 2.45) is 0 Å². The molecule has 0 radical (unpaired) electrons. The Bertz CT molecular complexity index is 6430. The van der Waals surface area contributed by atoms with E-state index < -0.39 is 5.41 Å². The first kappa shape index (κ1) is 59.7. The van der Waals surface area contributed by atoms with Crippen molar-refractivity contribution in [2.45, 2.75) is 19.3 Å². The number of anilines is 3. The molecular formula is C99H68N4. The minimum Gasteiger partial charge on any atom is -0.309 e. The molecule has 484 valence electrons. The maximum Gasteiger partial charge on any atom is 0.0785 e. The number of para-hydroxylation sites is 4. The third-order valence-corrected chi connectivity index (χ3v) is 21.7. The number of benzene rings is 16. The Kier molecular flexibility index (Phi) is 13.9. The molecule has 0 spiro atoms. The minimum absolute atomic E-state index is 0.429. The predicted octanol–water partition coefficient (Wildman–Crippen LogP) is 26.8. The van der Waals surface area contributed by atoms with Crippen molar-refractivity contribution in [2.75, 3.05) is 4.90 Å². The molecule has 4 heteroatoms. The third kappa shape index (κ3) is 9.82. The molecule has 0 aliphatic carbocycles. The van der Waals surface area contributed by atoms with Crippen LogP contribution in [0.25, 0.3) is 160 Å². The summed E-state index contributed by atoms with van der Waals surface area (Å²) in [7, 11) is 0. The topological polar surface area (TPSA) is 18.0 Å². The average molecular weight is 1310 g/mol. The van der Waals surface area contributed by atoms with Crippen LogP contribution in [-0.4, -0.2) is 13.7 Å². The van der Waals surface area contributed by atoms with Gasteiger partial charge in [-0.05, 0) is 204 Å². The van der Waals surface area contributed by atoms with E-state index in [1.54, 1.807) is 0 Å². The van der Waals surface area contributed by atoms with Crippen LogP contribution in [0.5, 0.6) is 0 Å². The maximum absolute atomic E-state index is 2.55. The molecule has 103 heavy (non-hydrogen) atoms. The highest BCUT2D eigenvalue weighted by Gasteiger charge is 2.40. The van der Waals surface area contributed by atoms with Gasteiger partial charge in [-0.2, -0.15) is 0 Å². The smallest absolute Gasteiger partial charge is 0.0785 e. The first-order valence-corrected chi connectivity index (χ1v) is 35.7. The Morgan fingerprint density at radius 1 is 0.204 bits per heavy atom. The average Bonchev–Trinajstić information content (AvgIpc) is 1.63. The summed E-state index contributed by atoms with van der Waals surface area (Å²) < 4.78 is 7.55. The Balaban J connectivity index is 0.742. The van der Waals surface area contributed by atoms with Gasteiger partial charge in [0.15, 0.2) is 0 Å². The summed E-state index contributed by atoms with van der Waals surface area (Å²) in [6.07, 6.45) is 0. The molecule has 0 unspecified atom stereocenters. The van der Waals surface area contributed by atoms with Gasteiger partial charge in [0.2, 0.25) is 0 Å². The van der Waals surface area contributed by atoms with Gasteiger partial charge >= 0.3 is 0 Å². The van der Waals surface area contributed by atoms with Crippen molar-refractivity contribution in [3.05, 3.63) is 387 Å². The molecule has 0 saturated heterocycles. The van der Waals surface area contributed by atoms with Crippen LogP contribution in [0.3, 0.4) is 0 Å². The van der Waals surface area contributed by atoms with Crippen LogP contribution in [0.15, 0.2) is 376 Å². The van der Waals surface area contributed by atoms with E-state index in [0.717, 1.165) is 61.6 Å². The summed E-state index contributed by atoms with van der Waals surface area (Å²) in [5.41, 5.74) is 32.2. The zero-order valence-electron chi connectivity index (χ0n) is 57.1. The van der Waals surface area contributed by atoms with Crippen LogP contribution in [0.4, 0.5) is 17.1 Å². The van der Waals surface area contributed by atoms with E-state index in [2.05, 4.69) is 409 Å². The second kappa shape index (κ2) is 24.0. The molecule has 0 amide bonds. The van der Waals surface area contributed by atoms with Crippen molar-refractivity contribution in [3.63, 3.8) is 0 Å². The van der Waals surface area contributed by atoms with Crippen LogP contribution < -0.4 is 4.90 Å². The summed E-state index contributed by atoms with van der Waals surface area (Å²) in [4.78, 5) is 2.55. The fourth-order valence-corrected chi connectivity index (χ4v) is 16.9. The van der Waals surface area contributed by atoms with Crippen LogP contribution in [0, 0.1) is 0 Å². The summed E-state index contributed by atoms with van der Waals surface area (Å²) in [5, 5.41) is 7.34. The molecule has 16 aromatic carbocycles. The lowest BCUT2D eigenvalue weighted by molar-refractivity contribution is 0.633. The second-order valence-electron chi connectivity index (χ2n) is 28.0. The lowest BCUT2D eigenvalue weighted by Gasteiger charge is -2.43. The molecule has 0 atom stereocenters. The second-order valence-corrected chi connectivity index (χ2v) is 28.0. The summed E-state index contributed by atoms with van der Waals surface area (Å²) in [5.74, 6) is 0. The highest BCUT2D eigenvalue weighted by molar-refractivity contribution is 6.29. The lowest BCUT2D eigenvalue weighted by atomic mass is 9.72. The van der Waals surface area contributed by atoms with Gasteiger partial charge in [-0.25, -0.2) is 0 Å². The summed E-state index contributed by atoms with van der Waals surface area (Å²) in [6.45, 7) is 4.85. The van der Waals surface area contributed by atoms with Crippen molar-refractivity contribution in [1.82, 2.24) is 13.7 Å². The van der Waals surface area contributed by atoms with E-state index in [1.165, 1.54) is 127 Å². The van der Waals surface area contributed by atoms with Crippen LogP contribution >= 0.6 is 0 Å². The first-order chi connectivity index (χ1) is 50.8. The maximum atomic E-state index is 2.55. The Labute approximate surface area is 598 Å². The Morgan fingerprint density at radius 2 is 0.544 bits per heavy atom. The van der Waals surface area contributed by atoms with Gasteiger partial charge < -0.3 is 18.6 Å². The van der Waals surface area contributed by atoms with Crippen molar-refractivity contribution >= 4 is 82.5 Å². The van der Waals surface area contributed by atoms with E-state index in [1.807, 2.05) is 0 Å². The van der Waals surface area contributed by atoms with E-state index in [0.29, 0.717) is 0 Å². The van der Waals surface area contributed by atoms with Gasteiger partial charge in [-0.15, -0.1) is 0 Å². The Morgan fingerprint density at radius 3 is 0.990 bits per heavy atom. The number of nitrogens with zero attached hydrogens (tertiary/aromatic N) is 4. The predicted molar refractivity (Wildman–Crippen MR) is 434 cm³/mol. The van der Waals surface area contributed by atoms with E-state index in [-0.39, 0.29) is 0 Å². The van der Waals surface area contributed by atoms with Gasteiger partial charge in [0.1, 0.15) is 0 Å².